The SMILES string of the molecule is CCCCOC[C@H]1O[C@@H](c2ccc(Cl)c(C(C(=O)OC)c3nccc(-c4ccccc4)n3)c2)[C@H](OCCCC)[C@@H](OCCCC)[C@@H]1OCCCC. The summed E-state index contributed by atoms with van der Waals surface area (Å²) in [4.78, 5) is 22.9. The molecular weight excluding hydrogens is 668 g/mol. The van der Waals surface area contributed by atoms with Crippen LogP contribution in [0.4, 0.5) is 0 Å². The minimum absolute atomic E-state index is 0.287. The van der Waals surface area contributed by atoms with Crippen molar-refractivity contribution in [3.8, 4) is 11.3 Å². The highest BCUT2D eigenvalue weighted by Gasteiger charge is 2.49. The lowest BCUT2D eigenvalue weighted by molar-refractivity contribution is -0.268. The molecule has 0 bridgehead atoms. The molecular formula is C41H57ClN2O7. The first-order valence-electron chi connectivity index (χ1n) is 18.8. The first kappa shape index (κ1) is 40.8. The van der Waals surface area contributed by atoms with Crippen LogP contribution in [0.3, 0.4) is 0 Å². The molecule has 4 rings (SSSR count). The Labute approximate surface area is 309 Å². The smallest absolute Gasteiger partial charge is 0.321 e. The second kappa shape index (κ2) is 22.2. The number of ether oxygens (including phenoxy) is 6. The first-order valence-corrected chi connectivity index (χ1v) is 19.2. The van der Waals surface area contributed by atoms with Gasteiger partial charge in [-0.3, -0.25) is 4.79 Å². The Morgan fingerprint density at radius 3 is 2.08 bits per heavy atom. The highest BCUT2D eigenvalue weighted by Crippen LogP contribution is 2.40. The van der Waals surface area contributed by atoms with Gasteiger partial charge < -0.3 is 28.4 Å². The van der Waals surface area contributed by atoms with Gasteiger partial charge >= 0.3 is 5.97 Å². The molecule has 2 aromatic carbocycles. The van der Waals surface area contributed by atoms with Crippen molar-refractivity contribution < 1.29 is 33.2 Å². The molecule has 51 heavy (non-hydrogen) atoms. The van der Waals surface area contributed by atoms with Gasteiger partial charge in [-0.05, 0) is 48.9 Å². The van der Waals surface area contributed by atoms with Crippen LogP contribution in [-0.4, -0.2) is 80.5 Å². The number of esters is 1. The number of benzene rings is 2. The van der Waals surface area contributed by atoms with Crippen molar-refractivity contribution >= 4 is 17.6 Å². The average Bonchev–Trinajstić information content (AvgIpc) is 3.16. The molecule has 0 aliphatic carbocycles. The molecule has 0 N–H and O–H groups in total. The quantitative estimate of drug-likeness (QED) is 0.0743. The maximum Gasteiger partial charge on any atom is 0.321 e. The van der Waals surface area contributed by atoms with E-state index in [1.54, 1.807) is 12.3 Å². The van der Waals surface area contributed by atoms with E-state index in [1.165, 1.54) is 7.11 Å². The number of aromatic nitrogens is 2. The number of methoxy groups -OCH3 is 1. The number of nitrogens with zero attached hydrogens (tertiary/aromatic N) is 2. The summed E-state index contributed by atoms with van der Waals surface area (Å²) in [7, 11) is 1.36. The second-order valence-electron chi connectivity index (χ2n) is 13.0. The van der Waals surface area contributed by atoms with E-state index in [0.29, 0.717) is 49.3 Å². The molecule has 0 saturated carbocycles. The fraction of sp³-hybridized carbons (Fsp3) is 0.585. The Morgan fingerprint density at radius 2 is 1.43 bits per heavy atom. The zero-order valence-electron chi connectivity index (χ0n) is 31.1. The third-order valence-electron chi connectivity index (χ3n) is 9.08. The van der Waals surface area contributed by atoms with Gasteiger partial charge in [-0.1, -0.05) is 107 Å². The molecule has 1 fully saturated rings. The Hall–Kier alpha value is -2.92. The van der Waals surface area contributed by atoms with Gasteiger partial charge in [0.1, 0.15) is 42.3 Å². The number of carbonyl (C=O) groups excluding carboxylic acids is 1. The van der Waals surface area contributed by atoms with Crippen molar-refractivity contribution in [3.05, 3.63) is 82.8 Å². The summed E-state index contributed by atoms with van der Waals surface area (Å²) in [6, 6.07) is 17.2. The van der Waals surface area contributed by atoms with E-state index >= 15 is 0 Å². The topological polar surface area (TPSA) is 98.2 Å². The Kier molecular flexibility index (Phi) is 17.8. The van der Waals surface area contributed by atoms with Gasteiger partial charge in [0.2, 0.25) is 0 Å². The van der Waals surface area contributed by atoms with E-state index in [2.05, 4.69) is 32.7 Å². The van der Waals surface area contributed by atoms with Gasteiger partial charge in [-0.25, -0.2) is 9.97 Å². The van der Waals surface area contributed by atoms with Crippen LogP contribution in [0, 0.1) is 0 Å². The summed E-state index contributed by atoms with van der Waals surface area (Å²) >= 11 is 6.91. The zero-order valence-corrected chi connectivity index (χ0v) is 31.8. The minimum atomic E-state index is -0.982. The minimum Gasteiger partial charge on any atom is -0.468 e. The van der Waals surface area contributed by atoms with Gasteiger partial charge in [0.25, 0.3) is 0 Å². The second-order valence-corrected chi connectivity index (χ2v) is 13.4. The number of hydrogen-bond donors (Lipinski definition) is 0. The standard InChI is InChI=1S/C41H57ClN2O7/c1-6-10-23-47-28-34-37(48-24-11-7-2)39(50-26-13-9-4)38(49-25-12-8-3)36(51-34)30-19-20-32(42)31(27-30)35(41(45)46-5)40-43-22-21-33(44-40)29-17-15-14-16-18-29/h14-22,27,34-39H,6-13,23-26,28H2,1-5H3/t34-,35?,36+,37-,38+,39+/m1/s1. The van der Waals surface area contributed by atoms with Crippen LogP contribution in [0.1, 0.15) is 108 Å². The highest BCUT2D eigenvalue weighted by atomic mass is 35.5. The maximum absolute atomic E-state index is 13.6. The Morgan fingerprint density at radius 1 is 0.804 bits per heavy atom. The summed E-state index contributed by atoms with van der Waals surface area (Å²) in [5, 5.41) is 0.387. The summed E-state index contributed by atoms with van der Waals surface area (Å²) in [6.45, 7) is 11.3. The summed E-state index contributed by atoms with van der Waals surface area (Å²) in [5.41, 5.74) is 2.90. The van der Waals surface area contributed by atoms with Gasteiger partial charge in [0.05, 0.1) is 19.4 Å². The number of rotatable bonds is 22. The van der Waals surface area contributed by atoms with Crippen LogP contribution in [0.5, 0.6) is 0 Å². The summed E-state index contributed by atoms with van der Waals surface area (Å²) in [6.07, 6.45) is 7.11. The van der Waals surface area contributed by atoms with Crippen molar-refractivity contribution in [3.63, 3.8) is 0 Å². The van der Waals surface area contributed by atoms with E-state index < -0.39 is 36.3 Å². The van der Waals surface area contributed by atoms with Crippen LogP contribution >= 0.6 is 11.6 Å². The van der Waals surface area contributed by atoms with Gasteiger partial charge in [-0.15, -0.1) is 0 Å². The van der Waals surface area contributed by atoms with Crippen molar-refractivity contribution in [2.75, 3.05) is 40.1 Å². The summed E-state index contributed by atoms with van der Waals surface area (Å²) < 4.78 is 38.4. The predicted molar refractivity (Wildman–Crippen MR) is 200 cm³/mol. The van der Waals surface area contributed by atoms with Crippen LogP contribution in [0.25, 0.3) is 11.3 Å². The van der Waals surface area contributed by atoms with Gasteiger partial charge in [-0.2, -0.15) is 0 Å². The molecule has 1 aliphatic rings. The third kappa shape index (κ3) is 11.5. The molecule has 3 aromatic rings. The van der Waals surface area contributed by atoms with Crippen LogP contribution in [0.15, 0.2) is 60.8 Å². The molecule has 10 heteroatoms. The number of unbranched alkanes of at least 4 members (excludes halogenated alkanes) is 4. The van der Waals surface area contributed by atoms with Crippen molar-refractivity contribution in [1.29, 1.82) is 0 Å². The third-order valence-corrected chi connectivity index (χ3v) is 9.43. The Balaban J connectivity index is 1.79. The fourth-order valence-corrected chi connectivity index (χ4v) is 6.39. The zero-order chi connectivity index (χ0) is 36.4. The Bertz CT molecular complexity index is 1440. The molecule has 9 nitrogen and oxygen atoms in total. The molecule has 0 amide bonds. The molecule has 2 heterocycles. The molecule has 1 aliphatic heterocycles. The normalized spacial score (nSPS) is 21.0. The average molecular weight is 725 g/mol. The number of carbonyl (C=O) groups is 1. The van der Waals surface area contributed by atoms with Gasteiger partial charge in [0, 0.05) is 43.2 Å². The lowest BCUT2D eigenvalue weighted by Gasteiger charge is -2.46. The lowest BCUT2D eigenvalue weighted by Crippen LogP contribution is -2.58. The van der Waals surface area contributed by atoms with E-state index in [0.717, 1.165) is 62.5 Å². The van der Waals surface area contributed by atoms with Crippen molar-refractivity contribution in [1.82, 2.24) is 9.97 Å². The highest BCUT2D eigenvalue weighted by molar-refractivity contribution is 6.31. The van der Waals surface area contributed by atoms with Gasteiger partial charge in [0.15, 0.2) is 0 Å². The van der Waals surface area contributed by atoms with Crippen molar-refractivity contribution in [2.24, 2.45) is 0 Å². The van der Waals surface area contributed by atoms with Crippen LogP contribution < -0.4 is 0 Å². The van der Waals surface area contributed by atoms with Crippen LogP contribution in [0.2, 0.25) is 5.02 Å². The lowest BCUT2D eigenvalue weighted by atomic mass is 9.88. The fourth-order valence-electron chi connectivity index (χ4n) is 6.16. The molecule has 1 aromatic heterocycles. The van der Waals surface area contributed by atoms with Crippen molar-refractivity contribution in [2.45, 2.75) is 115 Å². The van der Waals surface area contributed by atoms with E-state index in [9.17, 15) is 4.79 Å². The predicted octanol–water partition coefficient (Wildman–Crippen LogP) is 8.91. The first-order chi connectivity index (χ1) is 25.0. The molecule has 1 unspecified atom stereocenters. The van der Waals surface area contributed by atoms with E-state index in [1.807, 2.05) is 48.5 Å². The number of halogens is 1. The van der Waals surface area contributed by atoms with E-state index in [-0.39, 0.29) is 11.9 Å². The molecule has 280 valence electrons. The largest absolute Gasteiger partial charge is 0.468 e. The van der Waals surface area contributed by atoms with E-state index in [4.69, 9.17) is 45.0 Å². The maximum atomic E-state index is 13.6. The van der Waals surface area contributed by atoms with Crippen LogP contribution in [-0.2, 0) is 33.2 Å². The monoisotopic (exact) mass is 724 g/mol. The molecule has 0 spiro atoms. The summed E-state index contributed by atoms with van der Waals surface area (Å²) in [5.74, 6) is -1.22. The molecule has 6 atom stereocenters. The molecule has 0 radical (unpaired) electrons. The number of hydrogen-bond acceptors (Lipinski definition) is 9. The molecule has 1 saturated heterocycles.